The standard InChI is InChI=1S/C19H25N3O.2ClH/c1-11(2)7-15-16(9-20)12(3)8-13(4)18(15)14-5-6-22-10-17(14)19(21)23;;/h5-6,8,10-11H,7,9,20H2,1-4H3,(H2,21,23);2*1H. The highest BCUT2D eigenvalue weighted by Crippen LogP contribution is 2.35. The summed E-state index contributed by atoms with van der Waals surface area (Å²) in [6, 6.07) is 3.99. The number of carbonyl (C=O) groups is 1. The van der Waals surface area contributed by atoms with Gasteiger partial charge in [0.25, 0.3) is 5.91 Å². The first-order valence-corrected chi connectivity index (χ1v) is 7.93. The van der Waals surface area contributed by atoms with Gasteiger partial charge in [0.15, 0.2) is 0 Å². The number of carbonyl (C=O) groups excluding carboxylic acids is 1. The van der Waals surface area contributed by atoms with E-state index in [1.807, 2.05) is 6.07 Å². The fourth-order valence-corrected chi connectivity index (χ4v) is 3.21. The average Bonchev–Trinajstić information content (AvgIpc) is 2.47. The number of amides is 1. The van der Waals surface area contributed by atoms with Crippen molar-refractivity contribution in [1.29, 1.82) is 0 Å². The van der Waals surface area contributed by atoms with Gasteiger partial charge in [0.1, 0.15) is 0 Å². The number of primary amides is 1. The van der Waals surface area contributed by atoms with E-state index < -0.39 is 5.91 Å². The minimum absolute atomic E-state index is 0. The molecular formula is C19H27Cl2N3O. The monoisotopic (exact) mass is 383 g/mol. The van der Waals surface area contributed by atoms with E-state index in [-0.39, 0.29) is 24.8 Å². The molecule has 0 bridgehead atoms. The van der Waals surface area contributed by atoms with E-state index in [0.29, 0.717) is 18.0 Å². The number of aryl methyl sites for hydroxylation is 2. The Labute approximate surface area is 162 Å². The van der Waals surface area contributed by atoms with E-state index in [4.69, 9.17) is 11.5 Å². The molecule has 0 atom stereocenters. The summed E-state index contributed by atoms with van der Waals surface area (Å²) in [6.07, 6.45) is 4.14. The summed E-state index contributed by atoms with van der Waals surface area (Å²) >= 11 is 0. The van der Waals surface area contributed by atoms with Crippen LogP contribution in [-0.4, -0.2) is 10.9 Å². The van der Waals surface area contributed by atoms with Crippen molar-refractivity contribution < 1.29 is 4.79 Å². The number of aromatic nitrogens is 1. The fourth-order valence-electron chi connectivity index (χ4n) is 3.21. The van der Waals surface area contributed by atoms with E-state index in [1.54, 1.807) is 6.20 Å². The molecule has 0 aliphatic carbocycles. The lowest BCUT2D eigenvalue weighted by molar-refractivity contribution is 0.100. The molecule has 1 heterocycles. The van der Waals surface area contributed by atoms with Crippen LogP contribution in [0.4, 0.5) is 0 Å². The van der Waals surface area contributed by atoms with Crippen LogP contribution in [0.1, 0.15) is 46.5 Å². The molecule has 1 aromatic carbocycles. The minimum atomic E-state index is -0.460. The molecule has 0 unspecified atom stereocenters. The number of pyridine rings is 1. The first-order valence-electron chi connectivity index (χ1n) is 7.93. The Morgan fingerprint density at radius 1 is 1.16 bits per heavy atom. The lowest BCUT2D eigenvalue weighted by Gasteiger charge is -2.22. The van der Waals surface area contributed by atoms with Crippen molar-refractivity contribution in [2.45, 2.75) is 40.7 Å². The van der Waals surface area contributed by atoms with Crippen molar-refractivity contribution in [2.75, 3.05) is 0 Å². The van der Waals surface area contributed by atoms with Gasteiger partial charge in [-0.3, -0.25) is 9.78 Å². The number of nitrogens with two attached hydrogens (primary N) is 2. The number of nitrogens with zero attached hydrogens (tertiary/aromatic N) is 1. The van der Waals surface area contributed by atoms with Crippen LogP contribution >= 0.6 is 24.8 Å². The molecule has 0 saturated heterocycles. The zero-order chi connectivity index (χ0) is 17.1. The summed E-state index contributed by atoms with van der Waals surface area (Å²) in [5.41, 5.74) is 18.6. The molecular weight excluding hydrogens is 357 g/mol. The van der Waals surface area contributed by atoms with Crippen molar-refractivity contribution in [2.24, 2.45) is 17.4 Å². The van der Waals surface area contributed by atoms with Gasteiger partial charge < -0.3 is 11.5 Å². The molecule has 6 heteroatoms. The summed E-state index contributed by atoms with van der Waals surface area (Å²) in [4.78, 5) is 15.9. The number of hydrogen-bond donors (Lipinski definition) is 2. The summed E-state index contributed by atoms with van der Waals surface area (Å²) in [5.74, 6) is 0.0250. The van der Waals surface area contributed by atoms with Crippen LogP contribution in [-0.2, 0) is 13.0 Å². The summed E-state index contributed by atoms with van der Waals surface area (Å²) in [6.45, 7) is 9.01. The van der Waals surface area contributed by atoms with E-state index in [1.165, 1.54) is 17.3 Å². The first-order chi connectivity index (χ1) is 10.9. The second kappa shape index (κ2) is 9.76. The summed E-state index contributed by atoms with van der Waals surface area (Å²) < 4.78 is 0. The van der Waals surface area contributed by atoms with Crippen LogP contribution in [0.25, 0.3) is 11.1 Å². The molecule has 0 fully saturated rings. The quantitative estimate of drug-likeness (QED) is 0.819. The summed E-state index contributed by atoms with van der Waals surface area (Å²) in [5, 5.41) is 0. The van der Waals surface area contributed by atoms with Crippen molar-refractivity contribution >= 4 is 30.7 Å². The Kier molecular flexibility index (Phi) is 9.12. The molecule has 0 aliphatic rings. The van der Waals surface area contributed by atoms with Crippen LogP contribution in [0.2, 0.25) is 0 Å². The molecule has 0 saturated carbocycles. The van der Waals surface area contributed by atoms with Gasteiger partial charge in [-0.1, -0.05) is 19.9 Å². The van der Waals surface area contributed by atoms with Gasteiger partial charge in [0.05, 0.1) is 5.56 Å². The van der Waals surface area contributed by atoms with E-state index >= 15 is 0 Å². The van der Waals surface area contributed by atoms with Crippen molar-refractivity contribution in [3.05, 3.63) is 52.3 Å². The van der Waals surface area contributed by atoms with Gasteiger partial charge >= 0.3 is 0 Å². The molecule has 4 N–H and O–H groups in total. The van der Waals surface area contributed by atoms with Crippen molar-refractivity contribution in [3.8, 4) is 11.1 Å². The molecule has 2 aromatic rings. The molecule has 0 spiro atoms. The van der Waals surface area contributed by atoms with Crippen LogP contribution in [0.5, 0.6) is 0 Å². The predicted octanol–water partition coefficient (Wildman–Crippen LogP) is 3.97. The minimum Gasteiger partial charge on any atom is -0.366 e. The second-order valence-corrected chi connectivity index (χ2v) is 6.43. The van der Waals surface area contributed by atoms with Gasteiger partial charge in [-0.25, -0.2) is 0 Å². The predicted molar refractivity (Wildman–Crippen MR) is 109 cm³/mol. The van der Waals surface area contributed by atoms with E-state index in [2.05, 4.69) is 38.7 Å². The first kappa shape index (κ1) is 23.4. The number of rotatable bonds is 5. The zero-order valence-electron chi connectivity index (χ0n) is 15.1. The molecule has 1 amide bonds. The Balaban J connectivity index is 0.00000288. The normalized spacial score (nSPS) is 10.2. The Hall–Kier alpha value is -1.62. The molecule has 2 rings (SSSR count). The lowest BCUT2D eigenvalue weighted by Crippen LogP contribution is -2.15. The largest absolute Gasteiger partial charge is 0.366 e. The molecule has 0 aliphatic heterocycles. The van der Waals surface area contributed by atoms with Crippen LogP contribution in [0, 0.1) is 19.8 Å². The Morgan fingerprint density at radius 2 is 1.80 bits per heavy atom. The van der Waals surface area contributed by atoms with Gasteiger partial charge in [-0.2, -0.15) is 0 Å². The number of benzene rings is 1. The van der Waals surface area contributed by atoms with Crippen molar-refractivity contribution in [3.63, 3.8) is 0 Å². The van der Waals surface area contributed by atoms with Crippen LogP contribution in [0.3, 0.4) is 0 Å². The number of hydrogen-bond acceptors (Lipinski definition) is 3. The molecule has 138 valence electrons. The third-order valence-electron chi connectivity index (χ3n) is 4.14. The molecule has 25 heavy (non-hydrogen) atoms. The molecule has 0 radical (unpaired) electrons. The molecule has 4 nitrogen and oxygen atoms in total. The van der Waals surface area contributed by atoms with Gasteiger partial charge in [0, 0.05) is 18.9 Å². The van der Waals surface area contributed by atoms with Gasteiger partial charge in [0.2, 0.25) is 0 Å². The van der Waals surface area contributed by atoms with Crippen LogP contribution < -0.4 is 11.5 Å². The maximum Gasteiger partial charge on any atom is 0.250 e. The van der Waals surface area contributed by atoms with Crippen LogP contribution in [0.15, 0.2) is 24.5 Å². The topological polar surface area (TPSA) is 82.0 Å². The van der Waals surface area contributed by atoms with Gasteiger partial charge in [-0.15, -0.1) is 24.8 Å². The lowest BCUT2D eigenvalue weighted by atomic mass is 9.83. The third kappa shape index (κ3) is 4.94. The smallest absolute Gasteiger partial charge is 0.250 e. The summed E-state index contributed by atoms with van der Waals surface area (Å²) in [7, 11) is 0. The average molecular weight is 384 g/mol. The zero-order valence-corrected chi connectivity index (χ0v) is 16.8. The highest BCUT2D eigenvalue weighted by Gasteiger charge is 2.19. The number of halogens is 2. The molecule has 1 aromatic heterocycles. The Bertz CT molecular complexity index is 746. The maximum atomic E-state index is 11.8. The van der Waals surface area contributed by atoms with E-state index in [0.717, 1.165) is 28.7 Å². The van der Waals surface area contributed by atoms with Gasteiger partial charge in [-0.05, 0) is 65.6 Å². The highest BCUT2D eigenvalue weighted by molar-refractivity contribution is 6.00. The third-order valence-corrected chi connectivity index (χ3v) is 4.14. The Morgan fingerprint density at radius 3 is 2.32 bits per heavy atom. The second-order valence-electron chi connectivity index (χ2n) is 6.43. The fraction of sp³-hybridized carbons (Fsp3) is 0.368. The van der Waals surface area contributed by atoms with Crippen molar-refractivity contribution in [1.82, 2.24) is 4.98 Å². The highest BCUT2D eigenvalue weighted by atomic mass is 35.5. The SMILES string of the molecule is Cc1cc(C)c(-c2ccncc2C(N)=O)c(CC(C)C)c1CN.Cl.Cl. The maximum absolute atomic E-state index is 11.8. The van der Waals surface area contributed by atoms with E-state index in [9.17, 15) is 4.79 Å².